The second-order valence-electron chi connectivity index (χ2n) is 9.01. The molecule has 3 fully saturated rings. The normalized spacial score (nSPS) is 52.5. The minimum Gasteiger partial charge on any atom is -0.388 e. The van der Waals surface area contributed by atoms with Gasteiger partial charge in [0.15, 0.2) is 18.9 Å². The second-order valence-corrected chi connectivity index (χ2v) is 9.01. The molecule has 3 rings (SSSR count). The van der Waals surface area contributed by atoms with Gasteiger partial charge in [0, 0.05) is 0 Å². The average Bonchev–Trinajstić information content (AvgIpc) is 2.82. The first-order chi connectivity index (χ1) is 16.0. The van der Waals surface area contributed by atoms with E-state index in [2.05, 4.69) is 0 Å². The van der Waals surface area contributed by atoms with Crippen LogP contribution < -0.4 is 0 Å². The van der Waals surface area contributed by atoms with Crippen LogP contribution in [0.25, 0.3) is 0 Å². The lowest BCUT2D eigenvalue weighted by Gasteiger charge is -2.48. The van der Waals surface area contributed by atoms with Gasteiger partial charge in [-0.15, -0.1) is 0 Å². The van der Waals surface area contributed by atoms with Crippen molar-refractivity contribution in [2.75, 3.05) is 0 Å². The molecule has 0 aromatic carbocycles. The topological polar surface area (TPSA) is 208 Å². The second kappa shape index (κ2) is 11.7. The number of aliphatic hydroxyl groups excluding tert-OH is 8. The monoisotopic (exact) mass is 498 g/mol. The average molecular weight is 499 g/mol. The SMILES string of the molecule is CCC1O[C@@H](O[C@@H]2C(O)[C@H](O[C@@H]3C(O)C(O)OC(CC)[C@@H]3O)OC(CC)[C@@H]2O)C(O)[C@@H](O)[C@H]1O. The maximum absolute atomic E-state index is 10.9. The molecule has 8 N–H and O–H groups in total. The molecule has 0 aromatic heterocycles. The van der Waals surface area contributed by atoms with Gasteiger partial charge >= 0.3 is 0 Å². The summed E-state index contributed by atoms with van der Waals surface area (Å²) in [5.74, 6) is 0. The van der Waals surface area contributed by atoms with Gasteiger partial charge in [-0.3, -0.25) is 0 Å². The molecule has 0 aromatic rings. The predicted octanol–water partition coefficient (Wildman–Crippen LogP) is -3.32. The summed E-state index contributed by atoms with van der Waals surface area (Å²) in [5, 5.41) is 83.0. The zero-order valence-electron chi connectivity index (χ0n) is 19.4. The zero-order chi connectivity index (χ0) is 25.3. The third kappa shape index (κ3) is 5.42. The van der Waals surface area contributed by atoms with Gasteiger partial charge in [-0.25, -0.2) is 0 Å². The van der Waals surface area contributed by atoms with E-state index < -0.39 is 92.1 Å². The fraction of sp³-hybridized carbons (Fsp3) is 1.00. The van der Waals surface area contributed by atoms with Crippen LogP contribution in [0.4, 0.5) is 0 Å². The standard InChI is InChI=1S/C21H38O13/c1-4-7-10(22)13(25)14(26)20(31-7)34-18-12(24)9(6-3)32-21(16(18)28)33-17-11(23)8(5-2)30-19(29)15(17)27/h7-29H,4-6H2,1-3H3/t7?,8?,9?,10-,11-,12-,13-,14?,15?,16?,17-,18-,19?,20-,21-/m0/s1. The van der Waals surface area contributed by atoms with Gasteiger partial charge in [-0.1, -0.05) is 20.8 Å². The predicted molar refractivity (Wildman–Crippen MR) is 111 cm³/mol. The van der Waals surface area contributed by atoms with Crippen LogP contribution in [0, 0.1) is 0 Å². The van der Waals surface area contributed by atoms with E-state index in [9.17, 15) is 40.9 Å². The molecular formula is C21H38O13. The van der Waals surface area contributed by atoms with Crippen molar-refractivity contribution >= 4 is 0 Å². The highest BCUT2D eigenvalue weighted by Gasteiger charge is 2.53. The third-order valence-corrected chi connectivity index (χ3v) is 6.76. The highest BCUT2D eigenvalue weighted by Crippen LogP contribution is 2.33. The van der Waals surface area contributed by atoms with Gasteiger partial charge in [0.25, 0.3) is 0 Å². The van der Waals surface area contributed by atoms with Crippen LogP contribution >= 0.6 is 0 Å². The Balaban J connectivity index is 1.78. The molecule has 13 heteroatoms. The van der Waals surface area contributed by atoms with Gasteiger partial charge in [0.05, 0.1) is 18.3 Å². The van der Waals surface area contributed by atoms with Crippen LogP contribution in [-0.4, -0.2) is 133 Å². The minimum absolute atomic E-state index is 0.264. The van der Waals surface area contributed by atoms with Crippen molar-refractivity contribution < 1.29 is 64.5 Å². The fourth-order valence-electron chi connectivity index (χ4n) is 4.60. The van der Waals surface area contributed by atoms with Crippen LogP contribution in [0.3, 0.4) is 0 Å². The molecule has 0 spiro atoms. The van der Waals surface area contributed by atoms with Crippen molar-refractivity contribution in [1.82, 2.24) is 0 Å². The van der Waals surface area contributed by atoms with E-state index in [1.165, 1.54) is 0 Å². The molecular weight excluding hydrogens is 460 g/mol. The summed E-state index contributed by atoms with van der Waals surface area (Å²) in [6, 6.07) is 0. The molecule has 0 radical (unpaired) electrons. The quantitative estimate of drug-likeness (QED) is 0.173. The summed E-state index contributed by atoms with van der Waals surface area (Å²) in [5.41, 5.74) is 0. The zero-order valence-corrected chi connectivity index (χ0v) is 19.4. The van der Waals surface area contributed by atoms with Crippen LogP contribution in [0.1, 0.15) is 40.0 Å². The van der Waals surface area contributed by atoms with E-state index in [1.807, 2.05) is 0 Å². The van der Waals surface area contributed by atoms with Gasteiger partial charge < -0.3 is 64.5 Å². The van der Waals surface area contributed by atoms with Gasteiger partial charge in [-0.2, -0.15) is 0 Å². The first kappa shape index (κ1) is 28.1. The van der Waals surface area contributed by atoms with Gasteiger partial charge in [-0.05, 0) is 19.3 Å². The number of aliphatic hydroxyl groups is 8. The summed E-state index contributed by atoms with van der Waals surface area (Å²) in [6.07, 6.45) is -19.8. The molecule has 0 bridgehead atoms. The molecule has 0 amide bonds. The van der Waals surface area contributed by atoms with E-state index in [1.54, 1.807) is 20.8 Å². The van der Waals surface area contributed by atoms with Crippen molar-refractivity contribution in [3.63, 3.8) is 0 Å². The summed E-state index contributed by atoms with van der Waals surface area (Å²) in [7, 11) is 0. The molecule has 3 aliphatic heterocycles. The van der Waals surface area contributed by atoms with E-state index in [0.29, 0.717) is 12.8 Å². The Morgan fingerprint density at radius 1 is 0.471 bits per heavy atom. The molecule has 200 valence electrons. The molecule has 0 aliphatic carbocycles. The van der Waals surface area contributed by atoms with Gasteiger partial charge in [0.2, 0.25) is 0 Å². The minimum atomic E-state index is -1.68. The van der Waals surface area contributed by atoms with Crippen LogP contribution in [0.2, 0.25) is 0 Å². The molecule has 34 heavy (non-hydrogen) atoms. The molecule has 15 atom stereocenters. The largest absolute Gasteiger partial charge is 0.388 e. The Labute approximate surface area is 197 Å². The van der Waals surface area contributed by atoms with Crippen molar-refractivity contribution in [3.8, 4) is 0 Å². The first-order valence-electron chi connectivity index (χ1n) is 11.8. The molecule has 3 saturated heterocycles. The number of hydrogen-bond donors (Lipinski definition) is 8. The molecule has 7 unspecified atom stereocenters. The highest BCUT2D eigenvalue weighted by molar-refractivity contribution is 4.96. The van der Waals surface area contributed by atoms with Crippen LogP contribution in [0.5, 0.6) is 0 Å². The Hall–Kier alpha value is -0.520. The Morgan fingerprint density at radius 3 is 1.38 bits per heavy atom. The van der Waals surface area contributed by atoms with Crippen molar-refractivity contribution in [1.29, 1.82) is 0 Å². The lowest BCUT2D eigenvalue weighted by molar-refractivity contribution is -0.376. The number of ether oxygens (including phenoxy) is 5. The summed E-state index contributed by atoms with van der Waals surface area (Å²) >= 11 is 0. The third-order valence-electron chi connectivity index (χ3n) is 6.76. The number of rotatable bonds is 7. The Bertz CT molecular complexity index is 638. The Morgan fingerprint density at radius 2 is 0.882 bits per heavy atom. The first-order valence-corrected chi connectivity index (χ1v) is 11.8. The van der Waals surface area contributed by atoms with E-state index in [0.717, 1.165) is 0 Å². The number of hydrogen-bond acceptors (Lipinski definition) is 13. The van der Waals surface area contributed by atoms with E-state index >= 15 is 0 Å². The molecule has 3 heterocycles. The molecule has 13 nitrogen and oxygen atoms in total. The summed E-state index contributed by atoms with van der Waals surface area (Å²) in [4.78, 5) is 0. The lowest BCUT2D eigenvalue weighted by Crippen LogP contribution is -2.66. The Kier molecular flexibility index (Phi) is 9.64. The maximum Gasteiger partial charge on any atom is 0.187 e. The van der Waals surface area contributed by atoms with Crippen molar-refractivity contribution in [2.45, 2.75) is 132 Å². The lowest BCUT2D eigenvalue weighted by atomic mass is 9.94. The molecule has 3 aliphatic rings. The fourth-order valence-corrected chi connectivity index (χ4v) is 4.60. The van der Waals surface area contributed by atoms with Crippen molar-refractivity contribution in [3.05, 3.63) is 0 Å². The van der Waals surface area contributed by atoms with E-state index in [-0.39, 0.29) is 6.42 Å². The van der Waals surface area contributed by atoms with E-state index in [4.69, 9.17) is 23.7 Å². The van der Waals surface area contributed by atoms with Crippen LogP contribution in [0.15, 0.2) is 0 Å². The summed E-state index contributed by atoms with van der Waals surface area (Å²) in [6.45, 7) is 5.11. The summed E-state index contributed by atoms with van der Waals surface area (Å²) < 4.78 is 27.7. The van der Waals surface area contributed by atoms with Crippen LogP contribution in [-0.2, 0) is 23.7 Å². The van der Waals surface area contributed by atoms with Crippen molar-refractivity contribution in [2.24, 2.45) is 0 Å². The highest BCUT2D eigenvalue weighted by atomic mass is 16.7. The molecule has 0 saturated carbocycles. The maximum atomic E-state index is 10.9. The van der Waals surface area contributed by atoms with Gasteiger partial charge in [0.1, 0.15) is 54.9 Å². The smallest absolute Gasteiger partial charge is 0.187 e.